The average molecular weight is 262 g/mol. The van der Waals surface area contributed by atoms with Gasteiger partial charge in [-0.2, -0.15) is 0 Å². The molecule has 0 unspecified atom stereocenters. The van der Waals surface area contributed by atoms with Gasteiger partial charge in [-0.15, -0.1) is 11.3 Å². The van der Waals surface area contributed by atoms with Crippen LogP contribution in [-0.2, 0) is 16.6 Å². The SMILES string of the molecule is CCNCCS(=O)(=O)NCc1sccc1C. The van der Waals surface area contributed by atoms with Crippen LogP contribution in [-0.4, -0.2) is 27.3 Å². The van der Waals surface area contributed by atoms with Gasteiger partial charge in [0.2, 0.25) is 10.0 Å². The molecule has 92 valence electrons. The summed E-state index contributed by atoms with van der Waals surface area (Å²) in [5.74, 6) is 0.130. The van der Waals surface area contributed by atoms with Gasteiger partial charge in [0.15, 0.2) is 0 Å². The molecule has 6 heteroatoms. The molecule has 0 saturated carbocycles. The third-order valence-electron chi connectivity index (χ3n) is 2.22. The van der Waals surface area contributed by atoms with Gasteiger partial charge in [0.25, 0.3) is 0 Å². The third kappa shape index (κ3) is 4.61. The summed E-state index contributed by atoms with van der Waals surface area (Å²) < 4.78 is 25.7. The topological polar surface area (TPSA) is 58.2 Å². The number of nitrogens with one attached hydrogen (secondary N) is 2. The Morgan fingerprint density at radius 1 is 1.44 bits per heavy atom. The van der Waals surface area contributed by atoms with Crippen LogP contribution in [0.3, 0.4) is 0 Å². The fourth-order valence-electron chi connectivity index (χ4n) is 1.22. The Morgan fingerprint density at radius 3 is 2.75 bits per heavy atom. The first-order valence-corrected chi connectivity index (χ1v) is 7.79. The molecular formula is C10H18N2O2S2. The van der Waals surface area contributed by atoms with Crippen molar-refractivity contribution in [3.05, 3.63) is 21.9 Å². The van der Waals surface area contributed by atoms with Crippen LogP contribution in [0.15, 0.2) is 11.4 Å². The first-order chi connectivity index (χ1) is 7.55. The summed E-state index contributed by atoms with van der Waals surface area (Å²) >= 11 is 1.58. The fourth-order valence-corrected chi connectivity index (χ4v) is 3.08. The van der Waals surface area contributed by atoms with E-state index in [0.29, 0.717) is 13.1 Å². The number of hydrogen-bond acceptors (Lipinski definition) is 4. The number of hydrogen-bond donors (Lipinski definition) is 2. The van der Waals surface area contributed by atoms with E-state index in [0.717, 1.165) is 17.0 Å². The molecule has 0 saturated heterocycles. The van der Waals surface area contributed by atoms with Crippen LogP contribution in [0.2, 0.25) is 0 Å². The van der Waals surface area contributed by atoms with Gasteiger partial charge < -0.3 is 5.32 Å². The normalized spacial score (nSPS) is 11.9. The van der Waals surface area contributed by atoms with Gasteiger partial charge in [-0.3, -0.25) is 0 Å². The standard InChI is InChI=1S/C10H18N2O2S2/c1-3-11-5-7-16(13,14)12-8-10-9(2)4-6-15-10/h4,6,11-12H,3,5,7-8H2,1-2H3. The second-order valence-corrected chi connectivity index (χ2v) is 6.45. The van der Waals surface area contributed by atoms with Crippen LogP contribution in [0.25, 0.3) is 0 Å². The predicted octanol–water partition coefficient (Wildman–Crippen LogP) is 1.09. The van der Waals surface area contributed by atoms with Crippen LogP contribution in [0.4, 0.5) is 0 Å². The number of rotatable bonds is 7. The molecule has 0 amide bonds. The first-order valence-electron chi connectivity index (χ1n) is 5.26. The van der Waals surface area contributed by atoms with E-state index >= 15 is 0 Å². The van der Waals surface area contributed by atoms with E-state index in [2.05, 4.69) is 10.0 Å². The lowest BCUT2D eigenvalue weighted by Crippen LogP contribution is -2.31. The van der Waals surface area contributed by atoms with Crippen molar-refractivity contribution in [2.24, 2.45) is 0 Å². The summed E-state index contributed by atoms with van der Waals surface area (Å²) in [6.45, 7) is 5.63. The van der Waals surface area contributed by atoms with Crippen molar-refractivity contribution in [2.45, 2.75) is 20.4 Å². The fraction of sp³-hybridized carbons (Fsp3) is 0.600. The Bertz CT molecular complexity index is 412. The molecular weight excluding hydrogens is 244 g/mol. The minimum atomic E-state index is -3.15. The maximum atomic E-state index is 11.6. The Morgan fingerprint density at radius 2 is 2.19 bits per heavy atom. The van der Waals surface area contributed by atoms with E-state index in [9.17, 15) is 8.42 Å². The molecule has 0 aliphatic rings. The van der Waals surface area contributed by atoms with Gasteiger partial charge in [-0.25, -0.2) is 13.1 Å². The molecule has 0 bridgehead atoms. The highest BCUT2D eigenvalue weighted by molar-refractivity contribution is 7.89. The molecule has 2 N–H and O–H groups in total. The van der Waals surface area contributed by atoms with Gasteiger partial charge in [-0.1, -0.05) is 6.92 Å². The molecule has 0 aliphatic carbocycles. The van der Waals surface area contributed by atoms with E-state index < -0.39 is 10.0 Å². The van der Waals surface area contributed by atoms with Crippen LogP contribution in [0.5, 0.6) is 0 Å². The zero-order chi connectivity index (χ0) is 12.0. The predicted molar refractivity (Wildman–Crippen MR) is 68.2 cm³/mol. The van der Waals surface area contributed by atoms with Crippen LogP contribution in [0, 0.1) is 6.92 Å². The molecule has 1 aromatic heterocycles. The average Bonchev–Trinajstić information content (AvgIpc) is 2.62. The Kier molecular flexibility index (Phi) is 5.40. The molecule has 1 heterocycles. The van der Waals surface area contributed by atoms with Gasteiger partial charge in [0.05, 0.1) is 5.75 Å². The number of aryl methyl sites for hydroxylation is 1. The monoisotopic (exact) mass is 262 g/mol. The summed E-state index contributed by atoms with van der Waals surface area (Å²) in [5.41, 5.74) is 1.14. The zero-order valence-electron chi connectivity index (χ0n) is 9.62. The minimum absolute atomic E-state index is 0.130. The maximum absolute atomic E-state index is 11.6. The van der Waals surface area contributed by atoms with E-state index in [4.69, 9.17) is 0 Å². The molecule has 0 radical (unpaired) electrons. The Hall–Kier alpha value is -0.430. The maximum Gasteiger partial charge on any atom is 0.213 e. The van der Waals surface area contributed by atoms with Crippen molar-refractivity contribution >= 4 is 21.4 Å². The van der Waals surface area contributed by atoms with Crippen molar-refractivity contribution in [1.29, 1.82) is 0 Å². The van der Waals surface area contributed by atoms with Crippen molar-refractivity contribution in [2.75, 3.05) is 18.8 Å². The molecule has 0 spiro atoms. The van der Waals surface area contributed by atoms with Crippen molar-refractivity contribution in [1.82, 2.24) is 10.0 Å². The first kappa shape index (κ1) is 13.6. The highest BCUT2D eigenvalue weighted by atomic mass is 32.2. The lowest BCUT2D eigenvalue weighted by molar-refractivity contribution is 0.578. The van der Waals surface area contributed by atoms with Gasteiger partial charge in [-0.05, 0) is 30.5 Å². The largest absolute Gasteiger partial charge is 0.316 e. The lowest BCUT2D eigenvalue weighted by atomic mass is 10.3. The van der Waals surface area contributed by atoms with Crippen LogP contribution < -0.4 is 10.0 Å². The van der Waals surface area contributed by atoms with Crippen LogP contribution in [0.1, 0.15) is 17.4 Å². The van der Waals surface area contributed by atoms with E-state index in [1.54, 1.807) is 11.3 Å². The van der Waals surface area contributed by atoms with E-state index in [-0.39, 0.29) is 5.75 Å². The van der Waals surface area contributed by atoms with E-state index in [1.165, 1.54) is 0 Å². The summed E-state index contributed by atoms with van der Waals surface area (Å²) in [5, 5.41) is 4.96. The summed E-state index contributed by atoms with van der Waals surface area (Å²) in [7, 11) is -3.15. The summed E-state index contributed by atoms with van der Waals surface area (Å²) in [6.07, 6.45) is 0. The molecule has 0 atom stereocenters. The van der Waals surface area contributed by atoms with E-state index in [1.807, 2.05) is 25.3 Å². The molecule has 0 aromatic carbocycles. The molecule has 4 nitrogen and oxygen atoms in total. The van der Waals surface area contributed by atoms with Crippen LogP contribution >= 0.6 is 11.3 Å². The highest BCUT2D eigenvalue weighted by Crippen LogP contribution is 2.15. The third-order valence-corrected chi connectivity index (χ3v) is 4.57. The molecule has 0 fully saturated rings. The van der Waals surface area contributed by atoms with Crippen molar-refractivity contribution in [3.63, 3.8) is 0 Å². The second kappa shape index (κ2) is 6.34. The highest BCUT2D eigenvalue weighted by Gasteiger charge is 2.10. The number of sulfonamides is 1. The zero-order valence-corrected chi connectivity index (χ0v) is 11.2. The molecule has 0 aliphatic heterocycles. The van der Waals surface area contributed by atoms with Gasteiger partial charge >= 0.3 is 0 Å². The number of thiophene rings is 1. The Balaban J connectivity index is 2.39. The molecule has 16 heavy (non-hydrogen) atoms. The smallest absolute Gasteiger partial charge is 0.213 e. The quantitative estimate of drug-likeness (QED) is 0.723. The summed E-state index contributed by atoms with van der Waals surface area (Å²) in [6, 6.07) is 1.99. The van der Waals surface area contributed by atoms with Crippen molar-refractivity contribution < 1.29 is 8.42 Å². The molecule has 1 aromatic rings. The van der Waals surface area contributed by atoms with Gasteiger partial charge in [0, 0.05) is 18.0 Å². The minimum Gasteiger partial charge on any atom is -0.316 e. The second-order valence-electron chi connectivity index (χ2n) is 3.52. The lowest BCUT2D eigenvalue weighted by Gasteiger charge is -2.06. The van der Waals surface area contributed by atoms with Crippen molar-refractivity contribution in [3.8, 4) is 0 Å². The van der Waals surface area contributed by atoms with Gasteiger partial charge in [0.1, 0.15) is 0 Å². The Labute approximate surface area is 101 Å². The summed E-state index contributed by atoms with van der Waals surface area (Å²) in [4.78, 5) is 1.08. The molecule has 1 rings (SSSR count).